The minimum Gasteiger partial charge on any atom is -0.481 e. The number of carbonyl (C=O) groups excluding carboxylic acids is 1. The highest BCUT2D eigenvalue weighted by Gasteiger charge is 2.15. The Morgan fingerprint density at radius 3 is 2.04 bits per heavy atom. The van der Waals surface area contributed by atoms with Crippen molar-refractivity contribution in [1.29, 1.82) is 0 Å². The number of amides is 1. The van der Waals surface area contributed by atoms with Gasteiger partial charge in [-0.2, -0.15) is 0 Å². The van der Waals surface area contributed by atoms with Gasteiger partial charge in [-0.15, -0.1) is 0 Å². The van der Waals surface area contributed by atoms with E-state index in [1.54, 1.807) is 19.1 Å². The molecule has 0 bridgehead atoms. The number of nitrogens with one attached hydrogen (secondary N) is 1. The summed E-state index contributed by atoms with van der Waals surface area (Å²) in [7, 11) is 0. The summed E-state index contributed by atoms with van der Waals surface area (Å²) in [5.41, 5.74) is 1.90. The van der Waals surface area contributed by atoms with E-state index in [1.807, 2.05) is 73.7 Å². The van der Waals surface area contributed by atoms with Gasteiger partial charge in [-0.05, 0) is 62.4 Å². The maximum Gasteiger partial charge on any atom is 0.265 e. The molecular weight excluding hydrogens is 326 g/mol. The summed E-state index contributed by atoms with van der Waals surface area (Å²) in [6.07, 6.45) is -0.614. The molecular formula is C22H21NO3. The van der Waals surface area contributed by atoms with Crippen LogP contribution in [-0.2, 0) is 4.79 Å². The highest BCUT2D eigenvalue weighted by molar-refractivity contribution is 5.94. The molecule has 1 atom stereocenters. The highest BCUT2D eigenvalue weighted by Crippen LogP contribution is 2.24. The second kappa shape index (κ2) is 8.21. The molecule has 1 amide bonds. The number of hydrogen-bond acceptors (Lipinski definition) is 3. The predicted molar refractivity (Wildman–Crippen MR) is 103 cm³/mol. The number of aryl methyl sites for hydroxylation is 1. The van der Waals surface area contributed by atoms with Gasteiger partial charge in [0.05, 0.1) is 0 Å². The van der Waals surface area contributed by atoms with Gasteiger partial charge in [0.25, 0.3) is 5.91 Å². The first-order valence-corrected chi connectivity index (χ1v) is 8.47. The average molecular weight is 347 g/mol. The molecule has 0 saturated carbocycles. The molecule has 0 fully saturated rings. The molecule has 0 aliphatic rings. The van der Waals surface area contributed by atoms with Crippen molar-refractivity contribution in [2.75, 3.05) is 5.32 Å². The van der Waals surface area contributed by atoms with Crippen LogP contribution in [0.1, 0.15) is 12.5 Å². The molecule has 0 heterocycles. The van der Waals surface area contributed by atoms with Crippen LogP contribution in [0.5, 0.6) is 17.2 Å². The SMILES string of the molecule is Cc1ccc(NC(=O)C(C)Oc2ccc(Oc3ccccc3)cc2)cc1. The van der Waals surface area contributed by atoms with Crippen LogP contribution in [0.25, 0.3) is 0 Å². The third-order valence-electron chi connectivity index (χ3n) is 3.80. The molecule has 4 heteroatoms. The third kappa shape index (κ3) is 4.86. The van der Waals surface area contributed by atoms with Crippen molar-refractivity contribution in [3.05, 3.63) is 84.4 Å². The van der Waals surface area contributed by atoms with E-state index in [0.29, 0.717) is 11.5 Å². The zero-order chi connectivity index (χ0) is 18.4. The van der Waals surface area contributed by atoms with Crippen LogP contribution < -0.4 is 14.8 Å². The number of carbonyl (C=O) groups is 1. The van der Waals surface area contributed by atoms with E-state index in [1.165, 1.54) is 0 Å². The average Bonchev–Trinajstić information content (AvgIpc) is 2.66. The molecule has 1 N–H and O–H groups in total. The van der Waals surface area contributed by atoms with Crippen molar-refractivity contribution in [2.24, 2.45) is 0 Å². The second-order valence-corrected chi connectivity index (χ2v) is 6.00. The Balaban J connectivity index is 1.56. The van der Waals surface area contributed by atoms with Crippen molar-refractivity contribution in [2.45, 2.75) is 20.0 Å². The Bertz CT molecular complexity index is 843. The summed E-state index contributed by atoms with van der Waals surface area (Å²) in [6, 6.07) is 24.4. The van der Waals surface area contributed by atoms with Gasteiger partial charge in [0, 0.05) is 5.69 Å². The molecule has 4 nitrogen and oxygen atoms in total. The minimum absolute atomic E-state index is 0.196. The lowest BCUT2D eigenvalue weighted by atomic mass is 10.2. The van der Waals surface area contributed by atoms with Crippen molar-refractivity contribution in [3.63, 3.8) is 0 Å². The number of anilines is 1. The molecule has 3 aromatic carbocycles. The lowest BCUT2D eigenvalue weighted by Gasteiger charge is -2.15. The van der Waals surface area contributed by atoms with Gasteiger partial charge in [0.1, 0.15) is 17.2 Å². The monoisotopic (exact) mass is 347 g/mol. The largest absolute Gasteiger partial charge is 0.481 e. The standard InChI is InChI=1S/C22H21NO3/c1-16-8-10-18(11-9-16)23-22(24)17(2)25-20-12-14-21(15-13-20)26-19-6-4-3-5-7-19/h3-15,17H,1-2H3,(H,23,24). The molecule has 26 heavy (non-hydrogen) atoms. The maximum atomic E-state index is 12.2. The maximum absolute atomic E-state index is 12.2. The van der Waals surface area contributed by atoms with Crippen LogP contribution in [-0.4, -0.2) is 12.0 Å². The number of para-hydroxylation sites is 1. The van der Waals surface area contributed by atoms with Crippen LogP contribution in [0.3, 0.4) is 0 Å². The van der Waals surface area contributed by atoms with E-state index in [2.05, 4.69) is 5.32 Å². The first kappa shape index (κ1) is 17.5. The van der Waals surface area contributed by atoms with Crippen LogP contribution in [0.2, 0.25) is 0 Å². The van der Waals surface area contributed by atoms with E-state index in [-0.39, 0.29) is 5.91 Å². The highest BCUT2D eigenvalue weighted by atomic mass is 16.5. The molecule has 3 rings (SSSR count). The number of hydrogen-bond donors (Lipinski definition) is 1. The lowest BCUT2D eigenvalue weighted by molar-refractivity contribution is -0.122. The number of benzene rings is 3. The Labute approximate surface area is 153 Å². The quantitative estimate of drug-likeness (QED) is 0.667. The third-order valence-corrected chi connectivity index (χ3v) is 3.80. The van der Waals surface area contributed by atoms with E-state index < -0.39 is 6.10 Å². The van der Waals surface area contributed by atoms with Gasteiger partial charge in [0.15, 0.2) is 6.10 Å². The molecule has 3 aromatic rings. The number of ether oxygens (including phenoxy) is 2. The minimum atomic E-state index is -0.614. The lowest BCUT2D eigenvalue weighted by Crippen LogP contribution is -2.30. The van der Waals surface area contributed by atoms with E-state index >= 15 is 0 Å². The molecule has 0 spiro atoms. The summed E-state index contributed by atoms with van der Waals surface area (Å²) in [4.78, 5) is 12.2. The van der Waals surface area contributed by atoms with E-state index in [4.69, 9.17) is 9.47 Å². The summed E-state index contributed by atoms with van der Waals surface area (Å²) < 4.78 is 11.4. The molecule has 0 aliphatic heterocycles. The zero-order valence-electron chi connectivity index (χ0n) is 14.8. The summed E-state index contributed by atoms with van der Waals surface area (Å²) in [6.45, 7) is 3.72. The molecule has 0 aliphatic carbocycles. The van der Waals surface area contributed by atoms with E-state index in [0.717, 1.165) is 17.0 Å². The van der Waals surface area contributed by atoms with Crippen molar-refractivity contribution in [3.8, 4) is 17.2 Å². The van der Waals surface area contributed by atoms with Gasteiger partial charge >= 0.3 is 0 Å². The zero-order valence-corrected chi connectivity index (χ0v) is 14.8. The Morgan fingerprint density at radius 2 is 1.38 bits per heavy atom. The molecule has 0 aromatic heterocycles. The topological polar surface area (TPSA) is 47.6 Å². The molecule has 0 saturated heterocycles. The molecule has 1 unspecified atom stereocenters. The summed E-state index contributed by atoms with van der Waals surface area (Å²) in [5.74, 6) is 1.89. The Morgan fingerprint density at radius 1 is 0.808 bits per heavy atom. The van der Waals surface area contributed by atoms with Gasteiger partial charge in [0.2, 0.25) is 0 Å². The second-order valence-electron chi connectivity index (χ2n) is 6.00. The predicted octanol–water partition coefficient (Wildman–Crippen LogP) is 5.19. The Hall–Kier alpha value is -3.27. The molecule has 132 valence electrons. The fourth-order valence-corrected chi connectivity index (χ4v) is 2.35. The van der Waals surface area contributed by atoms with Gasteiger partial charge in [-0.3, -0.25) is 4.79 Å². The first-order chi connectivity index (χ1) is 12.6. The van der Waals surface area contributed by atoms with Crippen LogP contribution >= 0.6 is 0 Å². The van der Waals surface area contributed by atoms with Crippen molar-refractivity contribution < 1.29 is 14.3 Å². The van der Waals surface area contributed by atoms with Crippen LogP contribution in [0, 0.1) is 6.92 Å². The van der Waals surface area contributed by atoms with Crippen LogP contribution in [0.15, 0.2) is 78.9 Å². The first-order valence-electron chi connectivity index (χ1n) is 8.47. The normalized spacial score (nSPS) is 11.5. The fraction of sp³-hybridized carbons (Fsp3) is 0.136. The van der Waals surface area contributed by atoms with Gasteiger partial charge in [-0.25, -0.2) is 0 Å². The number of rotatable bonds is 6. The van der Waals surface area contributed by atoms with Crippen molar-refractivity contribution in [1.82, 2.24) is 0 Å². The molecule has 0 radical (unpaired) electrons. The van der Waals surface area contributed by atoms with Crippen molar-refractivity contribution >= 4 is 11.6 Å². The van der Waals surface area contributed by atoms with Crippen LogP contribution in [0.4, 0.5) is 5.69 Å². The summed E-state index contributed by atoms with van der Waals surface area (Å²) in [5, 5.41) is 2.84. The Kier molecular flexibility index (Phi) is 5.54. The smallest absolute Gasteiger partial charge is 0.265 e. The van der Waals surface area contributed by atoms with Gasteiger partial charge < -0.3 is 14.8 Å². The van der Waals surface area contributed by atoms with Gasteiger partial charge in [-0.1, -0.05) is 35.9 Å². The van der Waals surface area contributed by atoms with E-state index in [9.17, 15) is 4.79 Å². The fourth-order valence-electron chi connectivity index (χ4n) is 2.35. The summed E-state index contributed by atoms with van der Waals surface area (Å²) >= 11 is 0.